The lowest BCUT2D eigenvalue weighted by Gasteiger charge is -2.21. The van der Waals surface area contributed by atoms with E-state index in [2.05, 4.69) is 37.5 Å². The van der Waals surface area contributed by atoms with Gasteiger partial charge in [0.05, 0.1) is 0 Å². The Balaban J connectivity index is 2.76. The van der Waals surface area contributed by atoms with Crippen LogP contribution in [0.2, 0.25) is 0 Å². The van der Waals surface area contributed by atoms with Gasteiger partial charge in [-0.15, -0.1) is 0 Å². The fourth-order valence-electron chi connectivity index (χ4n) is 1.51. The summed E-state index contributed by atoms with van der Waals surface area (Å²) in [5, 5.41) is 0. The van der Waals surface area contributed by atoms with Crippen molar-refractivity contribution in [3.63, 3.8) is 0 Å². The number of anilines is 1. The van der Waals surface area contributed by atoms with E-state index in [0.29, 0.717) is 6.61 Å². The van der Waals surface area contributed by atoms with Crippen LogP contribution in [0, 0.1) is 0 Å². The molecule has 0 amide bonds. The average Bonchev–Trinajstić information content (AvgIpc) is 2.29. The van der Waals surface area contributed by atoms with Crippen molar-refractivity contribution in [3.8, 4) is 5.75 Å². The first-order valence-electron chi connectivity index (χ1n) is 5.40. The number of benzene rings is 1. The first-order chi connectivity index (χ1) is 7.31. The van der Waals surface area contributed by atoms with Crippen molar-refractivity contribution in [3.05, 3.63) is 36.9 Å². The van der Waals surface area contributed by atoms with Crippen LogP contribution in [0.5, 0.6) is 5.75 Å². The monoisotopic (exact) mass is 205 g/mol. The molecule has 0 aliphatic rings. The minimum atomic E-state index is 0.557. The minimum absolute atomic E-state index is 0.557. The molecule has 2 heteroatoms. The lowest BCUT2D eigenvalue weighted by molar-refractivity contribution is 0.363. The quantitative estimate of drug-likeness (QED) is 0.662. The molecule has 82 valence electrons. The van der Waals surface area contributed by atoms with E-state index in [1.165, 1.54) is 5.69 Å². The Labute approximate surface area is 92.2 Å². The molecule has 0 saturated carbocycles. The third kappa shape index (κ3) is 3.31. The smallest absolute Gasteiger partial charge is 0.121 e. The predicted octanol–water partition coefficient (Wildman–Crippen LogP) is 3.10. The van der Waals surface area contributed by atoms with Crippen molar-refractivity contribution in [2.45, 2.75) is 13.8 Å². The summed E-state index contributed by atoms with van der Waals surface area (Å²) < 4.78 is 5.49. The summed E-state index contributed by atoms with van der Waals surface area (Å²) in [5.74, 6) is 0.902. The highest BCUT2D eigenvalue weighted by Crippen LogP contribution is 2.20. The molecule has 0 heterocycles. The maximum Gasteiger partial charge on any atom is 0.121 e. The van der Waals surface area contributed by atoms with E-state index >= 15 is 0 Å². The Morgan fingerprint density at radius 2 is 2.07 bits per heavy atom. The van der Waals surface area contributed by atoms with Gasteiger partial charge < -0.3 is 9.64 Å². The molecule has 0 unspecified atom stereocenters. The molecule has 0 fully saturated rings. The number of hydrogen-bond donors (Lipinski definition) is 0. The van der Waals surface area contributed by atoms with Crippen LogP contribution in [0.1, 0.15) is 13.8 Å². The Morgan fingerprint density at radius 3 is 2.67 bits per heavy atom. The summed E-state index contributed by atoms with van der Waals surface area (Å²) in [7, 11) is 0. The van der Waals surface area contributed by atoms with E-state index in [1.54, 1.807) is 6.08 Å². The highest BCUT2D eigenvalue weighted by Gasteiger charge is 2.02. The van der Waals surface area contributed by atoms with Gasteiger partial charge in [0.25, 0.3) is 0 Å². The zero-order valence-electron chi connectivity index (χ0n) is 9.57. The van der Waals surface area contributed by atoms with E-state index in [9.17, 15) is 0 Å². The van der Waals surface area contributed by atoms with Crippen LogP contribution in [0.3, 0.4) is 0 Å². The van der Waals surface area contributed by atoms with Crippen LogP contribution < -0.4 is 9.64 Å². The Morgan fingerprint density at radius 1 is 1.33 bits per heavy atom. The fourth-order valence-corrected chi connectivity index (χ4v) is 1.51. The lowest BCUT2D eigenvalue weighted by atomic mass is 10.2. The van der Waals surface area contributed by atoms with E-state index in [1.807, 2.05) is 12.1 Å². The van der Waals surface area contributed by atoms with Gasteiger partial charge in [0.15, 0.2) is 0 Å². The molecule has 1 aromatic carbocycles. The maximum absolute atomic E-state index is 5.49. The van der Waals surface area contributed by atoms with Gasteiger partial charge in [-0.2, -0.15) is 0 Å². The molecule has 0 atom stereocenters. The molecule has 15 heavy (non-hydrogen) atoms. The molecule has 0 aliphatic heterocycles. The second-order valence-electron chi connectivity index (χ2n) is 3.27. The molecule has 0 aromatic heterocycles. The Kier molecular flexibility index (Phi) is 4.75. The number of ether oxygens (including phenoxy) is 1. The highest BCUT2D eigenvalue weighted by atomic mass is 16.5. The topological polar surface area (TPSA) is 12.5 Å². The number of nitrogens with zero attached hydrogens (tertiary/aromatic N) is 1. The summed E-state index contributed by atoms with van der Waals surface area (Å²) in [6.07, 6.45) is 1.75. The zero-order chi connectivity index (χ0) is 11.1. The van der Waals surface area contributed by atoms with Gasteiger partial charge in [0.2, 0.25) is 0 Å². The molecule has 0 saturated heterocycles. The summed E-state index contributed by atoms with van der Waals surface area (Å²) in [5.41, 5.74) is 1.21. The molecule has 0 bridgehead atoms. The van der Waals surface area contributed by atoms with Crippen LogP contribution in [-0.2, 0) is 0 Å². The first kappa shape index (κ1) is 11.6. The van der Waals surface area contributed by atoms with Gasteiger partial charge in [0, 0.05) is 24.8 Å². The Hall–Kier alpha value is -1.44. The molecule has 0 aliphatic carbocycles. The highest BCUT2D eigenvalue weighted by molar-refractivity contribution is 5.50. The Bertz CT molecular complexity index is 305. The standard InChI is InChI=1S/C13H19NO/c1-4-10-15-13-9-7-8-12(11-13)14(5-2)6-3/h4,7-9,11H,1,5-6,10H2,2-3H3. The number of rotatable bonds is 6. The normalized spacial score (nSPS) is 9.73. The summed E-state index contributed by atoms with van der Waals surface area (Å²) in [6, 6.07) is 8.16. The van der Waals surface area contributed by atoms with Crippen LogP contribution >= 0.6 is 0 Å². The molecule has 1 aromatic rings. The SMILES string of the molecule is C=CCOc1cccc(N(CC)CC)c1. The van der Waals surface area contributed by atoms with Gasteiger partial charge in [-0.05, 0) is 26.0 Å². The van der Waals surface area contributed by atoms with E-state index in [-0.39, 0.29) is 0 Å². The molecule has 0 radical (unpaired) electrons. The predicted molar refractivity (Wildman–Crippen MR) is 65.7 cm³/mol. The zero-order valence-corrected chi connectivity index (χ0v) is 9.57. The van der Waals surface area contributed by atoms with Crippen molar-refractivity contribution < 1.29 is 4.74 Å². The summed E-state index contributed by atoms with van der Waals surface area (Å²) in [4.78, 5) is 2.29. The van der Waals surface area contributed by atoms with Gasteiger partial charge in [-0.3, -0.25) is 0 Å². The fraction of sp³-hybridized carbons (Fsp3) is 0.385. The van der Waals surface area contributed by atoms with Crippen LogP contribution in [0.4, 0.5) is 5.69 Å². The van der Waals surface area contributed by atoms with Crippen molar-refractivity contribution in [1.82, 2.24) is 0 Å². The van der Waals surface area contributed by atoms with Crippen molar-refractivity contribution in [2.75, 3.05) is 24.6 Å². The molecular weight excluding hydrogens is 186 g/mol. The van der Waals surface area contributed by atoms with Crippen molar-refractivity contribution in [2.24, 2.45) is 0 Å². The number of hydrogen-bond acceptors (Lipinski definition) is 2. The molecule has 1 rings (SSSR count). The maximum atomic E-state index is 5.49. The van der Waals surface area contributed by atoms with E-state index in [4.69, 9.17) is 4.74 Å². The summed E-state index contributed by atoms with van der Waals surface area (Å²) >= 11 is 0. The molecule has 2 nitrogen and oxygen atoms in total. The van der Waals surface area contributed by atoms with E-state index < -0.39 is 0 Å². The minimum Gasteiger partial charge on any atom is -0.489 e. The third-order valence-corrected chi connectivity index (χ3v) is 2.31. The third-order valence-electron chi connectivity index (χ3n) is 2.31. The van der Waals surface area contributed by atoms with E-state index in [0.717, 1.165) is 18.8 Å². The van der Waals surface area contributed by atoms with Gasteiger partial charge in [-0.1, -0.05) is 18.7 Å². The second-order valence-corrected chi connectivity index (χ2v) is 3.27. The van der Waals surface area contributed by atoms with Gasteiger partial charge in [-0.25, -0.2) is 0 Å². The van der Waals surface area contributed by atoms with Gasteiger partial charge in [0.1, 0.15) is 12.4 Å². The van der Waals surface area contributed by atoms with Crippen molar-refractivity contribution >= 4 is 5.69 Å². The second kappa shape index (κ2) is 6.12. The van der Waals surface area contributed by atoms with Gasteiger partial charge >= 0.3 is 0 Å². The van der Waals surface area contributed by atoms with Crippen LogP contribution in [0.25, 0.3) is 0 Å². The molecular formula is C13H19NO. The summed E-state index contributed by atoms with van der Waals surface area (Å²) in [6.45, 7) is 10.5. The average molecular weight is 205 g/mol. The van der Waals surface area contributed by atoms with Crippen molar-refractivity contribution in [1.29, 1.82) is 0 Å². The van der Waals surface area contributed by atoms with Crippen LogP contribution in [-0.4, -0.2) is 19.7 Å². The van der Waals surface area contributed by atoms with Crippen LogP contribution in [0.15, 0.2) is 36.9 Å². The first-order valence-corrected chi connectivity index (χ1v) is 5.40. The lowest BCUT2D eigenvalue weighted by Crippen LogP contribution is -2.21. The largest absolute Gasteiger partial charge is 0.489 e. The molecule has 0 N–H and O–H groups in total. The molecule has 0 spiro atoms.